The predicted octanol–water partition coefficient (Wildman–Crippen LogP) is 3.75. The third kappa shape index (κ3) is 4.74. The van der Waals surface area contributed by atoms with Gasteiger partial charge in [0.1, 0.15) is 22.7 Å². The summed E-state index contributed by atoms with van der Waals surface area (Å²) >= 11 is 0. The minimum atomic E-state index is -0.388. The predicted molar refractivity (Wildman–Crippen MR) is 128 cm³/mol. The van der Waals surface area contributed by atoms with Crippen LogP contribution in [-0.2, 0) is 17.6 Å². The standard InChI is InChI=1S/C26H36N2O5/c1-6-28-13-7-8-17(28)15-27-22(29)10-9-18-16(2)23-21(31-5)14-20-19(24(23)32-25(18)30)11-12-26(3,4)33-20/h14,17H,6-13,15H2,1-5H3,(H,27,29)/t17-/m0/s1. The van der Waals surface area contributed by atoms with Gasteiger partial charge in [0.25, 0.3) is 0 Å². The molecule has 7 heteroatoms. The van der Waals surface area contributed by atoms with Crippen LogP contribution in [0.15, 0.2) is 15.3 Å². The zero-order valence-electron chi connectivity index (χ0n) is 20.5. The molecule has 1 aromatic carbocycles. The molecule has 0 unspecified atom stereocenters. The molecule has 1 aromatic heterocycles. The molecular formula is C26H36N2O5. The van der Waals surface area contributed by atoms with Crippen LogP contribution in [0.1, 0.15) is 63.1 Å². The topological polar surface area (TPSA) is 81.0 Å². The number of likely N-dealkylation sites (tertiary alicyclic amines) is 1. The van der Waals surface area contributed by atoms with E-state index in [1.54, 1.807) is 7.11 Å². The van der Waals surface area contributed by atoms with Gasteiger partial charge in [0.05, 0.1) is 12.5 Å². The normalized spacial score (nSPS) is 19.8. The van der Waals surface area contributed by atoms with E-state index in [1.807, 2.05) is 13.0 Å². The molecule has 3 heterocycles. The lowest BCUT2D eigenvalue weighted by molar-refractivity contribution is -0.121. The number of ether oxygens (including phenoxy) is 2. The summed E-state index contributed by atoms with van der Waals surface area (Å²) in [6.07, 6.45) is 4.49. The number of rotatable bonds is 7. The van der Waals surface area contributed by atoms with Crippen molar-refractivity contribution in [1.82, 2.24) is 10.2 Å². The SMILES string of the molecule is CCN1CCC[C@H]1CNC(=O)CCc1c(C)c2c(OC)cc3c(c2oc1=O)CCC(C)(C)O3. The third-order valence-corrected chi connectivity index (χ3v) is 7.20. The van der Waals surface area contributed by atoms with Crippen molar-refractivity contribution in [2.45, 2.75) is 77.9 Å². The highest BCUT2D eigenvalue weighted by Gasteiger charge is 2.31. The maximum absolute atomic E-state index is 12.9. The van der Waals surface area contributed by atoms with Crippen LogP contribution in [0.3, 0.4) is 0 Å². The van der Waals surface area contributed by atoms with E-state index in [4.69, 9.17) is 13.9 Å². The molecule has 33 heavy (non-hydrogen) atoms. The van der Waals surface area contributed by atoms with Gasteiger partial charge >= 0.3 is 5.63 Å². The molecule has 0 bridgehead atoms. The van der Waals surface area contributed by atoms with Gasteiger partial charge in [0, 0.05) is 36.2 Å². The van der Waals surface area contributed by atoms with Crippen molar-refractivity contribution in [3.63, 3.8) is 0 Å². The number of benzene rings is 1. The van der Waals surface area contributed by atoms with E-state index in [0.29, 0.717) is 41.7 Å². The van der Waals surface area contributed by atoms with E-state index in [2.05, 4.69) is 31.0 Å². The summed E-state index contributed by atoms with van der Waals surface area (Å²) in [5, 5.41) is 3.84. The van der Waals surface area contributed by atoms with E-state index in [-0.39, 0.29) is 23.6 Å². The highest BCUT2D eigenvalue weighted by molar-refractivity contribution is 5.92. The van der Waals surface area contributed by atoms with Crippen molar-refractivity contribution in [2.24, 2.45) is 0 Å². The van der Waals surface area contributed by atoms with Crippen molar-refractivity contribution in [2.75, 3.05) is 26.7 Å². The molecular weight excluding hydrogens is 420 g/mol. The summed E-state index contributed by atoms with van der Waals surface area (Å²) in [4.78, 5) is 27.9. The number of nitrogens with one attached hydrogen (secondary N) is 1. The molecule has 1 amide bonds. The van der Waals surface area contributed by atoms with Crippen LogP contribution in [0, 0.1) is 6.92 Å². The van der Waals surface area contributed by atoms with Gasteiger partial charge in [0.15, 0.2) is 0 Å². The lowest BCUT2D eigenvalue weighted by Gasteiger charge is -2.33. The van der Waals surface area contributed by atoms with Gasteiger partial charge in [-0.25, -0.2) is 4.79 Å². The second kappa shape index (κ2) is 9.37. The summed E-state index contributed by atoms with van der Waals surface area (Å²) in [5.74, 6) is 1.29. The van der Waals surface area contributed by atoms with Crippen molar-refractivity contribution in [1.29, 1.82) is 0 Å². The van der Waals surface area contributed by atoms with Crippen LogP contribution in [0.5, 0.6) is 11.5 Å². The lowest BCUT2D eigenvalue weighted by atomic mass is 9.91. The summed E-state index contributed by atoms with van der Waals surface area (Å²) in [6.45, 7) is 10.9. The maximum atomic E-state index is 12.9. The van der Waals surface area contributed by atoms with Crippen molar-refractivity contribution < 1.29 is 18.7 Å². The molecule has 1 saturated heterocycles. The number of fused-ring (bicyclic) bond motifs is 3. The molecule has 2 aromatic rings. The Kier molecular flexibility index (Phi) is 6.71. The molecule has 0 aliphatic carbocycles. The van der Waals surface area contributed by atoms with Crippen molar-refractivity contribution in [3.8, 4) is 11.5 Å². The third-order valence-electron chi connectivity index (χ3n) is 7.20. The maximum Gasteiger partial charge on any atom is 0.339 e. The fourth-order valence-electron chi connectivity index (χ4n) is 5.23. The van der Waals surface area contributed by atoms with Crippen LogP contribution in [-0.4, -0.2) is 49.2 Å². The highest BCUT2D eigenvalue weighted by Crippen LogP contribution is 2.43. The average molecular weight is 457 g/mol. The molecule has 7 nitrogen and oxygen atoms in total. The number of aryl methyl sites for hydroxylation is 2. The van der Waals surface area contributed by atoms with E-state index in [1.165, 1.54) is 6.42 Å². The van der Waals surface area contributed by atoms with Crippen molar-refractivity contribution in [3.05, 3.63) is 33.2 Å². The highest BCUT2D eigenvalue weighted by atomic mass is 16.5. The number of hydrogen-bond donors (Lipinski definition) is 1. The zero-order valence-corrected chi connectivity index (χ0v) is 20.5. The number of hydrogen-bond acceptors (Lipinski definition) is 6. The Morgan fingerprint density at radius 2 is 2.15 bits per heavy atom. The Morgan fingerprint density at radius 1 is 1.36 bits per heavy atom. The van der Waals surface area contributed by atoms with Gasteiger partial charge in [-0.15, -0.1) is 0 Å². The average Bonchev–Trinajstić information content (AvgIpc) is 3.23. The minimum Gasteiger partial charge on any atom is -0.496 e. The molecule has 180 valence electrons. The Morgan fingerprint density at radius 3 is 2.88 bits per heavy atom. The van der Waals surface area contributed by atoms with Crippen LogP contribution in [0.25, 0.3) is 11.0 Å². The van der Waals surface area contributed by atoms with Crippen LogP contribution >= 0.6 is 0 Å². The second-order valence-electron chi connectivity index (χ2n) is 9.84. The number of methoxy groups -OCH3 is 1. The first-order valence-corrected chi connectivity index (χ1v) is 12.1. The van der Waals surface area contributed by atoms with Gasteiger partial charge in [0.2, 0.25) is 5.91 Å². The van der Waals surface area contributed by atoms with Crippen LogP contribution in [0.4, 0.5) is 0 Å². The van der Waals surface area contributed by atoms with Gasteiger partial charge in [-0.2, -0.15) is 0 Å². The first-order valence-electron chi connectivity index (χ1n) is 12.1. The summed E-state index contributed by atoms with van der Waals surface area (Å²) in [6, 6.07) is 2.30. The molecule has 1 fully saturated rings. The summed E-state index contributed by atoms with van der Waals surface area (Å²) in [7, 11) is 1.61. The van der Waals surface area contributed by atoms with E-state index in [0.717, 1.165) is 48.9 Å². The van der Waals surface area contributed by atoms with Gasteiger partial charge in [-0.3, -0.25) is 9.69 Å². The quantitative estimate of drug-likeness (QED) is 0.639. The summed E-state index contributed by atoms with van der Waals surface area (Å²) < 4.78 is 17.6. The molecule has 2 aliphatic heterocycles. The van der Waals surface area contributed by atoms with Crippen LogP contribution < -0.4 is 20.4 Å². The Bertz CT molecular complexity index is 1100. The number of carbonyl (C=O) groups excluding carboxylic acids is 1. The first kappa shape index (κ1) is 23.6. The molecule has 0 radical (unpaired) electrons. The first-order chi connectivity index (χ1) is 15.7. The van der Waals surface area contributed by atoms with E-state index < -0.39 is 0 Å². The zero-order chi connectivity index (χ0) is 23.8. The lowest BCUT2D eigenvalue weighted by Crippen LogP contribution is -2.40. The van der Waals surface area contributed by atoms with E-state index in [9.17, 15) is 9.59 Å². The van der Waals surface area contributed by atoms with E-state index >= 15 is 0 Å². The van der Waals surface area contributed by atoms with Gasteiger partial charge < -0.3 is 19.2 Å². The second-order valence-corrected chi connectivity index (χ2v) is 9.84. The molecule has 1 atom stereocenters. The van der Waals surface area contributed by atoms with Crippen molar-refractivity contribution >= 4 is 16.9 Å². The fraction of sp³-hybridized carbons (Fsp3) is 0.615. The smallest absolute Gasteiger partial charge is 0.339 e. The minimum absolute atomic E-state index is 0.0371. The Labute approximate surface area is 195 Å². The molecule has 2 aliphatic rings. The van der Waals surface area contributed by atoms with Gasteiger partial charge in [-0.05, 0) is 71.5 Å². The number of nitrogens with zero attached hydrogens (tertiary/aromatic N) is 1. The molecule has 0 spiro atoms. The number of likely N-dealkylation sites (N-methyl/N-ethyl adjacent to an activating group) is 1. The van der Waals surface area contributed by atoms with Crippen LogP contribution in [0.2, 0.25) is 0 Å². The Balaban J connectivity index is 1.55. The number of amides is 1. The molecule has 1 N–H and O–H groups in total. The largest absolute Gasteiger partial charge is 0.496 e. The van der Waals surface area contributed by atoms with Gasteiger partial charge in [-0.1, -0.05) is 6.92 Å². The number of carbonyl (C=O) groups is 1. The summed E-state index contributed by atoms with van der Waals surface area (Å²) in [5.41, 5.74) is 2.13. The molecule has 0 saturated carbocycles. The monoisotopic (exact) mass is 456 g/mol. The Hall–Kier alpha value is -2.54. The molecule has 4 rings (SSSR count). The fourth-order valence-corrected chi connectivity index (χ4v) is 5.23.